The molecular weight excluding hydrogens is 365 g/mol. The van der Waals surface area contributed by atoms with Crippen molar-refractivity contribution < 1.29 is 4.74 Å². The highest BCUT2D eigenvalue weighted by Gasteiger charge is 2.10. The van der Waals surface area contributed by atoms with Gasteiger partial charge in [-0.15, -0.1) is 0 Å². The summed E-state index contributed by atoms with van der Waals surface area (Å²) in [6.45, 7) is 6.01. The normalized spacial score (nSPS) is 10.7. The van der Waals surface area contributed by atoms with E-state index < -0.39 is 0 Å². The van der Waals surface area contributed by atoms with E-state index in [-0.39, 0.29) is 6.10 Å². The number of rotatable bonds is 4. The zero-order valence-corrected chi connectivity index (χ0v) is 14.2. The quantitative estimate of drug-likeness (QED) is 0.814. The van der Waals surface area contributed by atoms with Gasteiger partial charge in [0.2, 0.25) is 0 Å². The van der Waals surface area contributed by atoms with Gasteiger partial charge in [0, 0.05) is 12.6 Å². The molecule has 1 N–H and O–H groups in total. The summed E-state index contributed by atoms with van der Waals surface area (Å²) in [6.07, 6.45) is 0.150. The first-order valence-corrected chi connectivity index (χ1v) is 7.58. The average Bonchev–Trinajstić information content (AvgIpc) is 2.41. The molecular formula is C15H18IN3O. The molecule has 0 aliphatic carbocycles. The Labute approximate surface area is 133 Å². The largest absolute Gasteiger partial charge is 0.491 e. The molecule has 0 unspecified atom stereocenters. The van der Waals surface area contributed by atoms with Gasteiger partial charge in [-0.25, -0.2) is 9.97 Å². The van der Waals surface area contributed by atoms with Crippen molar-refractivity contribution in [1.29, 1.82) is 0 Å². The number of halogens is 1. The minimum atomic E-state index is 0.150. The number of hydrogen-bond donors (Lipinski definition) is 1. The number of hydrogen-bond acceptors (Lipinski definition) is 4. The summed E-state index contributed by atoms with van der Waals surface area (Å²) < 4.78 is 6.76. The molecule has 0 saturated heterocycles. The number of anilines is 1. The van der Waals surface area contributed by atoms with Crippen LogP contribution in [0.15, 0.2) is 24.3 Å². The molecule has 0 aliphatic heterocycles. The van der Waals surface area contributed by atoms with E-state index in [1.54, 1.807) is 0 Å². The van der Waals surface area contributed by atoms with E-state index in [9.17, 15) is 0 Å². The number of aromatic nitrogens is 2. The van der Waals surface area contributed by atoms with E-state index in [1.807, 2.05) is 52.1 Å². The number of aryl methyl sites for hydroxylation is 1. The lowest BCUT2D eigenvalue weighted by atomic mass is 10.2. The highest BCUT2D eigenvalue weighted by Crippen LogP contribution is 2.26. The van der Waals surface area contributed by atoms with Crippen LogP contribution in [0.5, 0.6) is 5.75 Å². The third kappa shape index (κ3) is 3.39. The number of nitrogens with one attached hydrogen (secondary N) is 1. The fourth-order valence-electron chi connectivity index (χ4n) is 1.83. The zero-order valence-electron chi connectivity index (χ0n) is 12.1. The Morgan fingerprint density at radius 2 is 2.00 bits per heavy atom. The molecule has 1 heterocycles. The minimum Gasteiger partial charge on any atom is -0.491 e. The van der Waals surface area contributed by atoms with Crippen molar-refractivity contribution in [2.24, 2.45) is 0 Å². The first-order chi connectivity index (χ1) is 9.51. The molecule has 20 heavy (non-hydrogen) atoms. The van der Waals surface area contributed by atoms with Crippen LogP contribution in [-0.2, 0) is 0 Å². The Hall–Kier alpha value is -1.37. The Morgan fingerprint density at radius 3 is 2.65 bits per heavy atom. The Morgan fingerprint density at radius 1 is 1.25 bits per heavy atom. The second-order valence-corrected chi connectivity index (χ2v) is 5.82. The highest BCUT2D eigenvalue weighted by atomic mass is 127. The van der Waals surface area contributed by atoms with Crippen molar-refractivity contribution in [3.8, 4) is 17.1 Å². The molecule has 0 saturated carbocycles. The standard InChI is InChI=1S/C15H18IN3O/c1-9(2)20-12-7-5-6-11(8-12)14-18-10(3)13(16)15(17-4)19-14/h5-9H,1-4H3,(H,17,18,19). The maximum atomic E-state index is 5.71. The monoisotopic (exact) mass is 383 g/mol. The second kappa shape index (κ2) is 6.39. The van der Waals surface area contributed by atoms with E-state index in [0.29, 0.717) is 5.82 Å². The maximum absolute atomic E-state index is 5.71. The first-order valence-electron chi connectivity index (χ1n) is 6.50. The summed E-state index contributed by atoms with van der Waals surface area (Å²) in [6, 6.07) is 7.88. The van der Waals surface area contributed by atoms with E-state index >= 15 is 0 Å². The molecule has 4 nitrogen and oxygen atoms in total. The Balaban J connectivity index is 2.43. The minimum absolute atomic E-state index is 0.150. The van der Waals surface area contributed by atoms with Gasteiger partial charge in [0.1, 0.15) is 11.6 Å². The molecule has 106 valence electrons. The molecule has 0 amide bonds. The predicted octanol–water partition coefficient (Wildman–Crippen LogP) is 3.89. The second-order valence-electron chi connectivity index (χ2n) is 4.74. The van der Waals surface area contributed by atoms with Crippen LogP contribution >= 0.6 is 22.6 Å². The van der Waals surface area contributed by atoms with Crippen LogP contribution in [0, 0.1) is 10.5 Å². The van der Waals surface area contributed by atoms with Crippen molar-refractivity contribution >= 4 is 28.4 Å². The number of benzene rings is 1. The Kier molecular flexibility index (Phi) is 4.80. The van der Waals surface area contributed by atoms with Crippen molar-refractivity contribution in [2.45, 2.75) is 26.9 Å². The van der Waals surface area contributed by atoms with Crippen molar-refractivity contribution in [2.75, 3.05) is 12.4 Å². The molecule has 0 radical (unpaired) electrons. The van der Waals surface area contributed by atoms with Gasteiger partial charge in [-0.1, -0.05) is 12.1 Å². The first kappa shape index (κ1) is 15.0. The summed E-state index contributed by atoms with van der Waals surface area (Å²) in [5, 5.41) is 3.10. The van der Waals surface area contributed by atoms with E-state index in [2.05, 4.69) is 37.9 Å². The Bertz CT molecular complexity index is 614. The molecule has 2 aromatic rings. The molecule has 0 atom stereocenters. The van der Waals surface area contributed by atoms with Crippen LogP contribution in [0.3, 0.4) is 0 Å². The molecule has 0 spiro atoms. The van der Waals surface area contributed by atoms with Crippen molar-refractivity contribution in [3.05, 3.63) is 33.5 Å². The molecule has 2 rings (SSSR count). The predicted molar refractivity (Wildman–Crippen MR) is 90.2 cm³/mol. The SMILES string of the molecule is CNc1nc(-c2cccc(OC(C)C)c2)nc(C)c1I. The lowest BCUT2D eigenvalue weighted by Crippen LogP contribution is -2.06. The molecule has 5 heteroatoms. The highest BCUT2D eigenvalue weighted by molar-refractivity contribution is 14.1. The molecule has 1 aromatic carbocycles. The van der Waals surface area contributed by atoms with Crippen LogP contribution in [0.2, 0.25) is 0 Å². The number of nitrogens with zero attached hydrogens (tertiary/aromatic N) is 2. The van der Waals surface area contributed by atoms with Crippen LogP contribution in [0.1, 0.15) is 19.5 Å². The van der Waals surface area contributed by atoms with Crippen LogP contribution in [0.4, 0.5) is 5.82 Å². The summed E-state index contributed by atoms with van der Waals surface area (Å²) in [7, 11) is 1.87. The average molecular weight is 383 g/mol. The summed E-state index contributed by atoms with van der Waals surface area (Å²) in [5.74, 6) is 2.40. The third-order valence-corrected chi connectivity index (χ3v) is 4.01. The smallest absolute Gasteiger partial charge is 0.161 e. The van der Waals surface area contributed by atoms with Crippen molar-refractivity contribution in [1.82, 2.24) is 9.97 Å². The van der Waals surface area contributed by atoms with Gasteiger partial charge < -0.3 is 10.1 Å². The fourth-order valence-corrected chi connectivity index (χ4v) is 2.35. The fraction of sp³-hybridized carbons (Fsp3) is 0.333. The van der Waals surface area contributed by atoms with Gasteiger partial charge in [-0.05, 0) is 55.5 Å². The zero-order chi connectivity index (χ0) is 14.7. The van der Waals surface area contributed by atoms with E-state index in [1.165, 1.54) is 0 Å². The van der Waals surface area contributed by atoms with Gasteiger partial charge in [-0.3, -0.25) is 0 Å². The van der Waals surface area contributed by atoms with E-state index in [0.717, 1.165) is 26.4 Å². The van der Waals surface area contributed by atoms with Gasteiger partial charge in [0.25, 0.3) is 0 Å². The maximum Gasteiger partial charge on any atom is 0.161 e. The van der Waals surface area contributed by atoms with Crippen LogP contribution in [0.25, 0.3) is 11.4 Å². The topological polar surface area (TPSA) is 47.0 Å². The van der Waals surface area contributed by atoms with E-state index in [4.69, 9.17) is 4.74 Å². The van der Waals surface area contributed by atoms with Crippen LogP contribution < -0.4 is 10.1 Å². The van der Waals surface area contributed by atoms with Crippen LogP contribution in [-0.4, -0.2) is 23.1 Å². The van der Waals surface area contributed by atoms with Crippen molar-refractivity contribution in [3.63, 3.8) is 0 Å². The van der Waals surface area contributed by atoms with Gasteiger partial charge >= 0.3 is 0 Å². The van der Waals surface area contributed by atoms with Gasteiger partial charge in [0.05, 0.1) is 15.4 Å². The summed E-state index contributed by atoms with van der Waals surface area (Å²) in [4.78, 5) is 9.11. The summed E-state index contributed by atoms with van der Waals surface area (Å²) in [5.41, 5.74) is 1.93. The lowest BCUT2D eigenvalue weighted by molar-refractivity contribution is 0.242. The van der Waals surface area contributed by atoms with Gasteiger partial charge in [-0.2, -0.15) is 0 Å². The lowest BCUT2D eigenvalue weighted by Gasteiger charge is -2.12. The van der Waals surface area contributed by atoms with Gasteiger partial charge in [0.15, 0.2) is 5.82 Å². The number of ether oxygens (including phenoxy) is 1. The molecule has 0 fully saturated rings. The summed E-state index contributed by atoms with van der Waals surface area (Å²) >= 11 is 2.25. The molecule has 1 aromatic heterocycles. The third-order valence-electron chi connectivity index (χ3n) is 2.72. The molecule has 0 aliphatic rings. The molecule has 0 bridgehead atoms.